The number of carbonyl (C=O) groups excluding carboxylic acids is 2. The fourth-order valence-corrected chi connectivity index (χ4v) is 5.01. The highest BCUT2D eigenvalue weighted by Crippen LogP contribution is 2.29. The molecule has 1 aliphatic carbocycles. The second-order valence-corrected chi connectivity index (χ2v) is 9.43. The molecule has 176 valence electrons. The van der Waals surface area contributed by atoms with Crippen molar-refractivity contribution in [1.82, 2.24) is 15.5 Å². The van der Waals surface area contributed by atoms with Gasteiger partial charge in [-0.25, -0.2) is 0 Å². The standard InChI is InChI=1S/C26H40N4O2/c1-3-5-15-26(16-6-4-2)24(32)30(25(27)29-26)18-10-9-17-28-23(31)22-14-13-20-11-7-8-12-21(20)19-22/h7-8,11-12,22H,3-6,9-10,13-19H2,1-2H3,(H2,27,29)(H,28,31). The average molecular weight is 441 g/mol. The number of rotatable bonds is 12. The van der Waals surface area contributed by atoms with Gasteiger partial charge in [0.1, 0.15) is 5.54 Å². The van der Waals surface area contributed by atoms with Crippen LogP contribution in [0, 0.1) is 11.3 Å². The van der Waals surface area contributed by atoms with Gasteiger partial charge in [-0.15, -0.1) is 0 Å². The highest BCUT2D eigenvalue weighted by Gasteiger charge is 2.47. The number of nitrogens with one attached hydrogen (secondary N) is 3. The van der Waals surface area contributed by atoms with Crippen LogP contribution in [0.5, 0.6) is 0 Å². The lowest BCUT2D eigenvalue weighted by Gasteiger charge is -2.27. The molecule has 3 N–H and O–H groups in total. The van der Waals surface area contributed by atoms with Crippen LogP contribution in [0.4, 0.5) is 0 Å². The molecule has 0 bridgehead atoms. The van der Waals surface area contributed by atoms with E-state index in [1.165, 1.54) is 11.1 Å². The molecule has 6 nitrogen and oxygen atoms in total. The van der Waals surface area contributed by atoms with Gasteiger partial charge in [0, 0.05) is 19.0 Å². The topological polar surface area (TPSA) is 85.3 Å². The molecule has 1 heterocycles. The van der Waals surface area contributed by atoms with E-state index in [1.54, 1.807) is 4.90 Å². The van der Waals surface area contributed by atoms with E-state index in [1.807, 2.05) is 6.07 Å². The predicted octanol–water partition coefficient (Wildman–Crippen LogP) is 4.17. The van der Waals surface area contributed by atoms with Gasteiger partial charge in [0.25, 0.3) is 5.91 Å². The van der Waals surface area contributed by atoms with Gasteiger partial charge < -0.3 is 10.6 Å². The highest BCUT2D eigenvalue weighted by molar-refractivity contribution is 6.07. The van der Waals surface area contributed by atoms with E-state index >= 15 is 0 Å². The molecule has 2 aliphatic rings. The molecule has 1 unspecified atom stereocenters. The van der Waals surface area contributed by atoms with E-state index in [4.69, 9.17) is 5.41 Å². The Morgan fingerprint density at radius 2 is 1.81 bits per heavy atom. The summed E-state index contributed by atoms with van der Waals surface area (Å²) in [5.41, 5.74) is 2.08. The predicted molar refractivity (Wildman–Crippen MR) is 129 cm³/mol. The normalized spacial score (nSPS) is 19.6. The average Bonchev–Trinajstić information content (AvgIpc) is 3.05. The molecule has 1 atom stereocenters. The first-order chi connectivity index (χ1) is 15.5. The van der Waals surface area contributed by atoms with Crippen LogP contribution >= 0.6 is 0 Å². The smallest absolute Gasteiger partial charge is 0.255 e. The number of benzene rings is 1. The Hall–Kier alpha value is -2.37. The lowest BCUT2D eigenvalue weighted by atomic mass is 9.83. The molecule has 32 heavy (non-hydrogen) atoms. The van der Waals surface area contributed by atoms with Gasteiger partial charge in [0.05, 0.1) is 0 Å². The van der Waals surface area contributed by atoms with Gasteiger partial charge in [-0.05, 0) is 56.1 Å². The number of amides is 2. The van der Waals surface area contributed by atoms with Crippen molar-refractivity contribution in [3.63, 3.8) is 0 Å². The second-order valence-electron chi connectivity index (χ2n) is 9.43. The molecule has 1 aliphatic heterocycles. The van der Waals surface area contributed by atoms with Crippen LogP contribution in [0.3, 0.4) is 0 Å². The van der Waals surface area contributed by atoms with Crippen LogP contribution in [0.15, 0.2) is 24.3 Å². The minimum absolute atomic E-state index is 0.0557. The fourth-order valence-electron chi connectivity index (χ4n) is 5.01. The summed E-state index contributed by atoms with van der Waals surface area (Å²) in [4.78, 5) is 27.4. The SMILES string of the molecule is CCCCC1(CCCC)NC(=N)N(CCCCNC(=O)C2CCc3ccccc3C2)C1=O. The van der Waals surface area contributed by atoms with E-state index in [0.717, 1.165) is 70.6 Å². The summed E-state index contributed by atoms with van der Waals surface area (Å²) in [5.74, 6) is 0.505. The molecule has 0 spiro atoms. The van der Waals surface area contributed by atoms with Crippen LogP contribution in [0.1, 0.15) is 82.8 Å². The maximum absolute atomic E-state index is 13.2. The number of fused-ring (bicyclic) bond motifs is 1. The quantitative estimate of drug-likeness (QED) is 0.426. The zero-order valence-electron chi connectivity index (χ0n) is 19.8. The van der Waals surface area contributed by atoms with Crippen LogP contribution in [-0.4, -0.2) is 41.3 Å². The molecular formula is C26H40N4O2. The number of unbranched alkanes of at least 4 members (excludes halogenated alkanes) is 3. The Labute approximate surface area is 193 Å². The molecule has 2 amide bonds. The number of aryl methyl sites for hydroxylation is 1. The number of nitrogens with zero attached hydrogens (tertiary/aromatic N) is 1. The molecular weight excluding hydrogens is 400 g/mol. The zero-order valence-corrected chi connectivity index (χ0v) is 19.8. The molecule has 1 aromatic rings. The van der Waals surface area contributed by atoms with Gasteiger partial charge >= 0.3 is 0 Å². The molecule has 3 rings (SSSR count). The first-order valence-corrected chi connectivity index (χ1v) is 12.5. The summed E-state index contributed by atoms with van der Waals surface area (Å²) >= 11 is 0. The van der Waals surface area contributed by atoms with E-state index in [0.29, 0.717) is 13.1 Å². The van der Waals surface area contributed by atoms with Crippen molar-refractivity contribution in [2.24, 2.45) is 5.92 Å². The van der Waals surface area contributed by atoms with Gasteiger partial charge in [0.2, 0.25) is 5.91 Å². The van der Waals surface area contributed by atoms with E-state index in [-0.39, 0.29) is 23.7 Å². The van der Waals surface area contributed by atoms with E-state index in [9.17, 15) is 9.59 Å². The number of hydrogen-bond donors (Lipinski definition) is 3. The third kappa shape index (κ3) is 5.70. The molecule has 0 aromatic heterocycles. The molecule has 0 saturated carbocycles. The third-order valence-electron chi connectivity index (χ3n) is 7.02. The summed E-state index contributed by atoms with van der Waals surface area (Å²) in [5, 5.41) is 14.7. The Morgan fingerprint density at radius 1 is 1.12 bits per heavy atom. The van der Waals surface area contributed by atoms with Crippen LogP contribution in [0.25, 0.3) is 0 Å². The van der Waals surface area contributed by atoms with Crippen molar-refractivity contribution < 1.29 is 9.59 Å². The van der Waals surface area contributed by atoms with Crippen LogP contribution in [-0.2, 0) is 22.4 Å². The Balaban J connectivity index is 1.42. The number of guanidine groups is 1. The molecule has 1 saturated heterocycles. The van der Waals surface area contributed by atoms with Crippen molar-refractivity contribution >= 4 is 17.8 Å². The lowest BCUT2D eigenvalue weighted by molar-refractivity contribution is -0.132. The van der Waals surface area contributed by atoms with E-state index < -0.39 is 5.54 Å². The fraction of sp³-hybridized carbons (Fsp3) is 0.654. The van der Waals surface area contributed by atoms with Gasteiger partial charge in [0.15, 0.2) is 5.96 Å². The van der Waals surface area contributed by atoms with Crippen LogP contribution < -0.4 is 10.6 Å². The maximum Gasteiger partial charge on any atom is 0.255 e. The van der Waals surface area contributed by atoms with E-state index in [2.05, 4.69) is 42.7 Å². The van der Waals surface area contributed by atoms with Crippen molar-refractivity contribution in [2.45, 2.75) is 90.0 Å². The summed E-state index contributed by atoms with van der Waals surface area (Å²) in [6.45, 7) is 5.43. The van der Waals surface area contributed by atoms with Crippen molar-refractivity contribution in [2.75, 3.05) is 13.1 Å². The maximum atomic E-state index is 13.2. The Kier molecular flexibility index (Phi) is 8.71. The van der Waals surface area contributed by atoms with Crippen LogP contribution in [0.2, 0.25) is 0 Å². The van der Waals surface area contributed by atoms with Gasteiger partial charge in [-0.2, -0.15) is 0 Å². The summed E-state index contributed by atoms with van der Waals surface area (Å²) < 4.78 is 0. The van der Waals surface area contributed by atoms with Gasteiger partial charge in [-0.1, -0.05) is 63.8 Å². The van der Waals surface area contributed by atoms with Crippen molar-refractivity contribution in [3.8, 4) is 0 Å². The van der Waals surface area contributed by atoms with Gasteiger partial charge in [-0.3, -0.25) is 19.9 Å². The Bertz CT molecular complexity index is 799. The second kappa shape index (κ2) is 11.5. The summed E-state index contributed by atoms with van der Waals surface area (Å²) in [6, 6.07) is 8.40. The summed E-state index contributed by atoms with van der Waals surface area (Å²) in [6.07, 6.45) is 9.94. The molecule has 1 aromatic carbocycles. The Morgan fingerprint density at radius 3 is 2.50 bits per heavy atom. The minimum atomic E-state index is -0.589. The number of hydrogen-bond acceptors (Lipinski definition) is 3. The zero-order chi connectivity index (χ0) is 23.0. The first-order valence-electron chi connectivity index (χ1n) is 12.5. The van der Waals surface area contributed by atoms with Crippen molar-refractivity contribution in [3.05, 3.63) is 35.4 Å². The minimum Gasteiger partial charge on any atom is -0.356 e. The first kappa shape index (κ1) is 24.3. The monoisotopic (exact) mass is 440 g/mol. The molecule has 0 radical (unpaired) electrons. The summed E-state index contributed by atoms with van der Waals surface area (Å²) in [7, 11) is 0. The largest absolute Gasteiger partial charge is 0.356 e. The third-order valence-corrected chi connectivity index (χ3v) is 7.02. The van der Waals surface area contributed by atoms with Crippen molar-refractivity contribution in [1.29, 1.82) is 5.41 Å². The highest BCUT2D eigenvalue weighted by atomic mass is 16.2. The molecule has 1 fully saturated rings. The number of carbonyl (C=O) groups is 2. The molecule has 6 heteroatoms. The lowest BCUT2D eigenvalue weighted by Crippen LogP contribution is -2.47.